The molecule has 4 rings (SSSR count). The van der Waals surface area contributed by atoms with Crippen LogP contribution in [-0.4, -0.2) is 22.6 Å². The number of rotatable bonds is 6. The van der Waals surface area contributed by atoms with Crippen molar-refractivity contribution < 1.29 is 0 Å². The van der Waals surface area contributed by atoms with Crippen LogP contribution in [0.15, 0.2) is 83.0 Å². The monoisotopic (exact) mass is 394 g/mol. The minimum Gasteiger partial charge on any atom is -0.259 e. The van der Waals surface area contributed by atoms with Crippen molar-refractivity contribution in [2.75, 3.05) is 10.9 Å². The summed E-state index contributed by atoms with van der Waals surface area (Å²) in [5, 5.41) is 19.1. The number of hydrogen-bond acceptors (Lipinski definition) is 6. The van der Waals surface area contributed by atoms with Crippen molar-refractivity contribution in [3.63, 3.8) is 0 Å². The second kappa shape index (κ2) is 8.96. The maximum atomic E-state index is 4.34. The fourth-order valence-electron chi connectivity index (χ4n) is 3.06. The topological polar surface area (TPSA) is 74.6 Å². The molecule has 6 heteroatoms. The predicted molar refractivity (Wildman–Crippen MR) is 124 cm³/mol. The first-order valence-corrected chi connectivity index (χ1v) is 9.67. The van der Waals surface area contributed by atoms with Crippen molar-refractivity contribution in [2.45, 2.75) is 13.8 Å². The molecule has 0 saturated heterocycles. The number of anilines is 2. The lowest BCUT2D eigenvalue weighted by atomic mass is 10.1. The van der Waals surface area contributed by atoms with E-state index in [0.717, 1.165) is 33.0 Å². The van der Waals surface area contributed by atoms with Crippen LogP contribution in [0.5, 0.6) is 0 Å². The SMILES string of the molecule is Cc1ccccc1/C=N/Nc1nnc(N/N=C/c2ccccc2C)c2ccccc12. The summed E-state index contributed by atoms with van der Waals surface area (Å²) in [5.41, 5.74) is 10.4. The van der Waals surface area contributed by atoms with Crippen LogP contribution in [0.1, 0.15) is 22.3 Å². The lowest BCUT2D eigenvalue weighted by molar-refractivity contribution is 1.03. The summed E-state index contributed by atoms with van der Waals surface area (Å²) in [5.74, 6) is 1.17. The number of hydrogen-bond donors (Lipinski definition) is 2. The van der Waals surface area contributed by atoms with E-state index >= 15 is 0 Å². The molecule has 0 spiro atoms. The van der Waals surface area contributed by atoms with Gasteiger partial charge in [-0.1, -0.05) is 72.8 Å². The molecule has 1 heterocycles. The number of aromatic nitrogens is 2. The Labute approximate surface area is 175 Å². The Morgan fingerprint density at radius 2 is 1.00 bits per heavy atom. The molecular weight excluding hydrogens is 372 g/mol. The highest BCUT2D eigenvalue weighted by atomic mass is 15.4. The van der Waals surface area contributed by atoms with Gasteiger partial charge in [-0.05, 0) is 36.1 Å². The van der Waals surface area contributed by atoms with E-state index in [1.807, 2.05) is 60.7 Å². The Kier molecular flexibility index (Phi) is 5.75. The third-order valence-corrected chi connectivity index (χ3v) is 4.81. The van der Waals surface area contributed by atoms with Crippen LogP contribution in [0.3, 0.4) is 0 Å². The van der Waals surface area contributed by atoms with Crippen molar-refractivity contribution in [3.05, 3.63) is 95.1 Å². The number of benzene rings is 3. The minimum atomic E-state index is 0.587. The third kappa shape index (κ3) is 4.33. The van der Waals surface area contributed by atoms with Gasteiger partial charge < -0.3 is 0 Å². The standard InChI is InChI=1S/C24H22N6/c1-17-9-3-5-11-19(17)15-25-27-23-21-13-7-8-14-22(21)24(30-29-23)28-26-16-20-12-6-4-10-18(20)2/h3-16H,1-2H3,(H,27,29)(H,28,30)/b25-15+,26-16+. The quantitative estimate of drug-likeness (QED) is 0.351. The van der Waals surface area contributed by atoms with Gasteiger partial charge in [-0.3, -0.25) is 10.9 Å². The Balaban J connectivity index is 1.56. The van der Waals surface area contributed by atoms with Gasteiger partial charge in [0.2, 0.25) is 0 Å². The minimum absolute atomic E-state index is 0.587. The van der Waals surface area contributed by atoms with Crippen LogP contribution in [0.25, 0.3) is 10.8 Å². The molecule has 1 aromatic heterocycles. The number of nitrogens with one attached hydrogen (secondary N) is 2. The lowest BCUT2D eigenvalue weighted by Gasteiger charge is -2.08. The molecule has 0 aliphatic carbocycles. The van der Waals surface area contributed by atoms with Crippen molar-refractivity contribution in [2.24, 2.45) is 10.2 Å². The van der Waals surface area contributed by atoms with E-state index in [4.69, 9.17) is 0 Å². The first kappa shape index (κ1) is 19.3. The molecule has 0 bridgehead atoms. The molecule has 0 atom stereocenters. The smallest absolute Gasteiger partial charge is 0.176 e. The maximum absolute atomic E-state index is 4.34. The van der Waals surface area contributed by atoms with Gasteiger partial charge in [-0.25, -0.2) is 0 Å². The summed E-state index contributed by atoms with van der Waals surface area (Å²) in [7, 11) is 0. The zero-order valence-corrected chi connectivity index (χ0v) is 16.9. The molecule has 0 aliphatic rings. The normalized spacial score (nSPS) is 11.4. The van der Waals surface area contributed by atoms with Crippen LogP contribution >= 0.6 is 0 Å². The Morgan fingerprint density at radius 3 is 1.43 bits per heavy atom. The van der Waals surface area contributed by atoms with Gasteiger partial charge in [0.15, 0.2) is 11.6 Å². The molecule has 0 unspecified atom stereocenters. The van der Waals surface area contributed by atoms with Crippen molar-refractivity contribution in [3.8, 4) is 0 Å². The van der Waals surface area contributed by atoms with E-state index in [1.54, 1.807) is 12.4 Å². The van der Waals surface area contributed by atoms with E-state index in [2.05, 4.69) is 57.2 Å². The van der Waals surface area contributed by atoms with Gasteiger partial charge >= 0.3 is 0 Å². The second-order valence-corrected chi connectivity index (χ2v) is 6.90. The van der Waals surface area contributed by atoms with Gasteiger partial charge in [0, 0.05) is 10.8 Å². The van der Waals surface area contributed by atoms with E-state index < -0.39 is 0 Å². The highest BCUT2D eigenvalue weighted by molar-refractivity contribution is 5.98. The highest BCUT2D eigenvalue weighted by Gasteiger charge is 2.08. The van der Waals surface area contributed by atoms with Crippen molar-refractivity contribution in [1.29, 1.82) is 0 Å². The average molecular weight is 394 g/mol. The summed E-state index contributed by atoms with van der Waals surface area (Å²) in [6.45, 7) is 4.10. The molecule has 0 amide bonds. The number of nitrogens with zero attached hydrogens (tertiary/aromatic N) is 4. The van der Waals surface area contributed by atoms with Crippen LogP contribution in [0.4, 0.5) is 11.6 Å². The summed E-state index contributed by atoms with van der Waals surface area (Å²) in [6, 6.07) is 24.0. The Bertz CT molecular complexity index is 1130. The van der Waals surface area contributed by atoms with E-state index in [1.165, 1.54) is 0 Å². The fraction of sp³-hybridized carbons (Fsp3) is 0.0833. The van der Waals surface area contributed by atoms with Crippen LogP contribution in [0, 0.1) is 13.8 Å². The number of aryl methyl sites for hydroxylation is 2. The molecule has 0 fully saturated rings. The van der Waals surface area contributed by atoms with Crippen LogP contribution in [-0.2, 0) is 0 Å². The number of hydrazone groups is 2. The largest absolute Gasteiger partial charge is 0.259 e. The van der Waals surface area contributed by atoms with E-state index in [9.17, 15) is 0 Å². The van der Waals surface area contributed by atoms with Crippen molar-refractivity contribution in [1.82, 2.24) is 10.2 Å². The first-order chi connectivity index (χ1) is 14.7. The predicted octanol–water partition coefficient (Wildman–Crippen LogP) is 5.14. The Morgan fingerprint density at radius 1 is 0.600 bits per heavy atom. The van der Waals surface area contributed by atoms with Crippen LogP contribution < -0.4 is 10.9 Å². The first-order valence-electron chi connectivity index (χ1n) is 9.67. The van der Waals surface area contributed by atoms with Crippen molar-refractivity contribution >= 4 is 34.8 Å². The molecule has 30 heavy (non-hydrogen) atoms. The Hall–Kier alpha value is -4.06. The average Bonchev–Trinajstić information content (AvgIpc) is 2.77. The van der Waals surface area contributed by atoms with E-state index in [0.29, 0.717) is 11.6 Å². The molecule has 2 N–H and O–H groups in total. The zero-order valence-electron chi connectivity index (χ0n) is 16.9. The summed E-state index contributed by atoms with van der Waals surface area (Å²) < 4.78 is 0. The molecule has 3 aromatic carbocycles. The number of fused-ring (bicyclic) bond motifs is 1. The van der Waals surface area contributed by atoms with Gasteiger partial charge in [-0.2, -0.15) is 10.2 Å². The summed E-state index contributed by atoms with van der Waals surface area (Å²) >= 11 is 0. The summed E-state index contributed by atoms with van der Waals surface area (Å²) in [4.78, 5) is 0. The molecule has 148 valence electrons. The maximum Gasteiger partial charge on any atom is 0.176 e. The molecule has 6 nitrogen and oxygen atoms in total. The van der Waals surface area contributed by atoms with Crippen LogP contribution in [0.2, 0.25) is 0 Å². The summed E-state index contributed by atoms with van der Waals surface area (Å²) in [6.07, 6.45) is 3.56. The molecule has 0 saturated carbocycles. The second-order valence-electron chi connectivity index (χ2n) is 6.90. The van der Waals surface area contributed by atoms with Gasteiger partial charge in [-0.15, -0.1) is 10.2 Å². The fourth-order valence-corrected chi connectivity index (χ4v) is 3.06. The molecular formula is C24H22N6. The third-order valence-electron chi connectivity index (χ3n) is 4.81. The molecule has 4 aromatic rings. The highest BCUT2D eigenvalue weighted by Crippen LogP contribution is 2.26. The zero-order chi connectivity index (χ0) is 20.8. The van der Waals surface area contributed by atoms with E-state index in [-0.39, 0.29) is 0 Å². The van der Waals surface area contributed by atoms with Gasteiger partial charge in [0.25, 0.3) is 0 Å². The van der Waals surface area contributed by atoms with Gasteiger partial charge in [0.1, 0.15) is 0 Å². The molecule has 0 aliphatic heterocycles. The molecule has 0 radical (unpaired) electrons. The lowest BCUT2D eigenvalue weighted by Crippen LogP contribution is -2.02. The van der Waals surface area contributed by atoms with Gasteiger partial charge in [0.05, 0.1) is 12.4 Å².